The van der Waals surface area contributed by atoms with Gasteiger partial charge in [0.25, 0.3) is 0 Å². The third-order valence-corrected chi connectivity index (χ3v) is 2.44. The maximum absolute atomic E-state index is 11.7. The molecular formula is C16H24O2. The number of hydrogen-bond acceptors (Lipinski definition) is 2. The molecule has 18 heavy (non-hydrogen) atoms. The fourth-order valence-electron chi connectivity index (χ4n) is 1.81. The topological polar surface area (TPSA) is 26.3 Å². The zero-order valence-electron chi connectivity index (χ0n) is 12.1. The van der Waals surface area contributed by atoms with Crippen LogP contribution >= 0.6 is 0 Å². The van der Waals surface area contributed by atoms with E-state index >= 15 is 0 Å². The van der Waals surface area contributed by atoms with Crippen LogP contribution in [-0.2, 0) is 22.4 Å². The maximum atomic E-state index is 11.7. The van der Waals surface area contributed by atoms with Crippen molar-refractivity contribution in [1.82, 2.24) is 0 Å². The fourth-order valence-corrected chi connectivity index (χ4v) is 1.81. The van der Waals surface area contributed by atoms with Gasteiger partial charge in [0.05, 0.1) is 6.42 Å². The van der Waals surface area contributed by atoms with Gasteiger partial charge < -0.3 is 4.74 Å². The van der Waals surface area contributed by atoms with E-state index in [1.165, 1.54) is 5.56 Å². The van der Waals surface area contributed by atoms with Gasteiger partial charge in [-0.3, -0.25) is 4.79 Å². The molecule has 0 aliphatic rings. The highest BCUT2D eigenvalue weighted by atomic mass is 16.6. The number of carbonyl (C=O) groups excluding carboxylic acids is 1. The molecule has 0 bridgehead atoms. The molecule has 0 aromatic heterocycles. The second kappa shape index (κ2) is 6.03. The molecule has 0 radical (unpaired) electrons. The number of esters is 1. The summed E-state index contributed by atoms with van der Waals surface area (Å²) in [5.41, 5.74) is 1.92. The first kappa shape index (κ1) is 14.7. The quantitative estimate of drug-likeness (QED) is 0.758. The molecule has 0 heterocycles. The summed E-state index contributed by atoms with van der Waals surface area (Å²) < 4.78 is 5.30. The zero-order chi connectivity index (χ0) is 13.8. The Morgan fingerprint density at radius 2 is 1.61 bits per heavy atom. The van der Waals surface area contributed by atoms with Crippen LogP contribution in [0, 0.1) is 5.92 Å². The van der Waals surface area contributed by atoms with Crippen LogP contribution in [0.2, 0.25) is 0 Å². The van der Waals surface area contributed by atoms with E-state index in [-0.39, 0.29) is 5.97 Å². The van der Waals surface area contributed by atoms with Gasteiger partial charge in [0.1, 0.15) is 5.60 Å². The van der Waals surface area contributed by atoms with Gasteiger partial charge in [0, 0.05) is 0 Å². The van der Waals surface area contributed by atoms with Crippen molar-refractivity contribution in [3.63, 3.8) is 0 Å². The van der Waals surface area contributed by atoms with Gasteiger partial charge in [-0.1, -0.05) is 38.1 Å². The molecule has 0 unspecified atom stereocenters. The summed E-state index contributed by atoms with van der Waals surface area (Å²) in [5.74, 6) is 0.487. The summed E-state index contributed by atoms with van der Waals surface area (Å²) >= 11 is 0. The molecule has 2 heteroatoms. The van der Waals surface area contributed by atoms with Crippen LogP contribution < -0.4 is 0 Å². The molecule has 0 aliphatic carbocycles. The van der Waals surface area contributed by atoms with Crippen LogP contribution in [0.15, 0.2) is 24.3 Å². The second-order valence-electron chi connectivity index (χ2n) is 6.18. The van der Waals surface area contributed by atoms with Crippen molar-refractivity contribution in [2.24, 2.45) is 5.92 Å². The molecule has 1 rings (SSSR count). The number of rotatable bonds is 4. The largest absolute Gasteiger partial charge is 0.460 e. The molecule has 0 saturated heterocycles. The maximum Gasteiger partial charge on any atom is 0.310 e. The smallest absolute Gasteiger partial charge is 0.310 e. The summed E-state index contributed by atoms with van der Waals surface area (Å²) in [6.45, 7) is 10.1. The first-order valence-corrected chi connectivity index (χ1v) is 6.56. The molecule has 0 saturated carbocycles. The molecule has 1 aromatic rings. The van der Waals surface area contributed by atoms with Crippen LogP contribution in [0.5, 0.6) is 0 Å². The predicted molar refractivity (Wildman–Crippen MR) is 74.5 cm³/mol. The summed E-state index contributed by atoms with van der Waals surface area (Å²) in [5, 5.41) is 0. The second-order valence-corrected chi connectivity index (χ2v) is 6.18. The Morgan fingerprint density at radius 1 is 1.11 bits per heavy atom. The van der Waals surface area contributed by atoms with E-state index in [1.807, 2.05) is 32.9 Å². The average Bonchev–Trinajstić information content (AvgIpc) is 2.17. The standard InChI is InChI=1S/C16H24O2/c1-12(2)10-13-6-8-14(9-7-13)11-15(17)18-16(3,4)5/h6-9,12H,10-11H2,1-5H3. The lowest BCUT2D eigenvalue weighted by atomic mass is 10.0. The van der Waals surface area contributed by atoms with Crippen LogP contribution in [0.3, 0.4) is 0 Å². The zero-order valence-corrected chi connectivity index (χ0v) is 12.1. The minimum Gasteiger partial charge on any atom is -0.460 e. The molecule has 0 N–H and O–H groups in total. The minimum absolute atomic E-state index is 0.167. The number of ether oxygens (including phenoxy) is 1. The van der Waals surface area contributed by atoms with Crippen molar-refractivity contribution in [3.8, 4) is 0 Å². The van der Waals surface area contributed by atoms with Gasteiger partial charge in [-0.05, 0) is 44.2 Å². The number of benzene rings is 1. The Bertz CT molecular complexity index is 383. The van der Waals surface area contributed by atoms with Crippen molar-refractivity contribution in [3.05, 3.63) is 35.4 Å². The lowest BCUT2D eigenvalue weighted by Gasteiger charge is -2.19. The van der Waals surface area contributed by atoms with E-state index in [4.69, 9.17) is 4.74 Å². The van der Waals surface area contributed by atoms with E-state index in [0.29, 0.717) is 12.3 Å². The molecular weight excluding hydrogens is 224 g/mol. The molecule has 0 amide bonds. The Morgan fingerprint density at radius 3 is 2.06 bits per heavy atom. The van der Waals surface area contributed by atoms with Crippen molar-refractivity contribution in [1.29, 1.82) is 0 Å². The third kappa shape index (κ3) is 5.85. The van der Waals surface area contributed by atoms with E-state index in [9.17, 15) is 4.79 Å². The van der Waals surface area contributed by atoms with E-state index in [0.717, 1.165) is 12.0 Å². The lowest BCUT2D eigenvalue weighted by Crippen LogP contribution is -2.24. The molecule has 0 aliphatic heterocycles. The predicted octanol–water partition coefficient (Wildman–Crippen LogP) is 3.77. The molecule has 0 fully saturated rings. The van der Waals surface area contributed by atoms with Crippen LogP contribution in [-0.4, -0.2) is 11.6 Å². The Hall–Kier alpha value is -1.31. The highest BCUT2D eigenvalue weighted by Gasteiger charge is 2.16. The summed E-state index contributed by atoms with van der Waals surface area (Å²) in [6.07, 6.45) is 1.42. The fraction of sp³-hybridized carbons (Fsp3) is 0.562. The summed E-state index contributed by atoms with van der Waals surface area (Å²) in [6, 6.07) is 8.22. The first-order valence-electron chi connectivity index (χ1n) is 6.56. The minimum atomic E-state index is -0.408. The highest BCUT2D eigenvalue weighted by Crippen LogP contribution is 2.13. The Kier molecular flexibility index (Phi) is 4.94. The van der Waals surface area contributed by atoms with Gasteiger partial charge in [0.2, 0.25) is 0 Å². The van der Waals surface area contributed by atoms with E-state index in [2.05, 4.69) is 26.0 Å². The summed E-state index contributed by atoms with van der Waals surface area (Å²) in [7, 11) is 0. The monoisotopic (exact) mass is 248 g/mol. The summed E-state index contributed by atoms with van der Waals surface area (Å²) in [4.78, 5) is 11.7. The van der Waals surface area contributed by atoms with Gasteiger partial charge in [0.15, 0.2) is 0 Å². The van der Waals surface area contributed by atoms with E-state index < -0.39 is 5.60 Å². The van der Waals surface area contributed by atoms with Crippen molar-refractivity contribution >= 4 is 5.97 Å². The van der Waals surface area contributed by atoms with Crippen LogP contribution in [0.1, 0.15) is 45.7 Å². The van der Waals surface area contributed by atoms with Crippen molar-refractivity contribution in [2.45, 2.75) is 53.1 Å². The lowest BCUT2D eigenvalue weighted by molar-refractivity contribution is -0.153. The van der Waals surface area contributed by atoms with Crippen LogP contribution in [0.25, 0.3) is 0 Å². The molecule has 100 valence electrons. The third-order valence-electron chi connectivity index (χ3n) is 2.44. The van der Waals surface area contributed by atoms with Crippen LogP contribution in [0.4, 0.5) is 0 Å². The number of carbonyl (C=O) groups is 1. The molecule has 0 spiro atoms. The normalized spacial score (nSPS) is 11.7. The SMILES string of the molecule is CC(C)Cc1ccc(CC(=O)OC(C)(C)C)cc1. The first-order chi connectivity index (χ1) is 8.26. The molecule has 0 atom stereocenters. The van der Waals surface area contributed by atoms with Crippen molar-refractivity contribution < 1.29 is 9.53 Å². The van der Waals surface area contributed by atoms with E-state index in [1.54, 1.807) is 0 Å². The number of hydrogen-bond donors (Lipinski definition) is 0. The average molecular weight is 248 g/mol. The van der Waals surface area contributed by atoms with Gasteiger partial charge in [-0.25, -0.2) is 0 Å². The Labute approximate surface area is 110 Å². The molecule has 2 nitrogen and oxygen atoms in total. The van der Waals surface area contributed by atoms with Crippen molar-refractivity contribution in [2.75, 3.05) is 0 Å². The van der Waals surface area contributed by atoms with Gasteiger partial charge in [-0.15, -0.1) is 0 Å². The van der Waals surface area contributed by atoms with Gasteiger partial charge in [-0.2, -0.15) is 0 Å². The van der Waals surface area contributed by atoms with Gasteiger partial charge >= 0.3 is 5.97 Å². The highest BCUT2D eigenvalue weighted by molar-refractivity contribution is 5.73. The molecule has 1 aromatic carbocycles. The Balaban J connectivity index is 2.56.